The second-order valence-corrected chi connectivity index (χ2v) is 14.0. The summed E-state index contributed by atoms with van der Waals surface area (Å²) in [6.45, 7) is 0. The summed E-state index contributed by atoms with van der Waals surface area (Å²) < 4.78 is 2.42. The Hall–Kier alpha value is -6.89. The molecular formula is C47H29N5S. The molecule has 0 aliphatic rings. The minimum absolute atomic E-state index is 0.626. The number of hydrogen-bond acceptors (Lipinski definition) is 6. The van der Waals surface area contributed by atoms with Gasteiger partial charge in [-0.15, -0.1) is 11.3 Å². The van der Waals surface area contributed by atoms with Gasteiger partial charge < -0.3 is 0 Å². The van der Waals surface area contributed by atoms with Gasteiger partial charge in [-0.05, 0) is 46.5 Å². The number of aromatic nitrogens is 5. The fourth-order valence-corrected chi connectivity index (χ4v) is 8.19. The molecule has 0 unspecified atom stereocenters. The van der Waals surface area contributed by atoms with E-state index in [0.717, 1.165) is 55.7 Å². The van der Waals surface area contributed by atoms with Gasteiger partial charge in [-0.3, -0.25) is 0 Å². The van der Waals surface area contributed by atoms with E-state index in [2.05, 4.69) is 132 Å². The van der Waals surface area contributed by atoms with Crippen molar-refractivity contribution in [2.24, 2.45) is 0 Å². The quantitative estimate of drug-likeness (QED) is 0.173. The first-order valence-electron chi connectivity index (χ1n) is 17.5. The van der Waals surface area contributed by atoms with Crippen molar-refractivity contribution in [1.29, 1.82) is 0 Å². The zero-order valence-corrected chi connectivity index (χ0v) is 29.2. The second kappa shape index (κ2) is 13.0. The Morgan fingerprint density at radius 1 is 0.358 bits per heavy atom. The maximum Gasteiger partial charge on any atom is 0.164 e. The summed E-state index contributed by atoms with van der Waals surface area (Å²) in [5.41, 5.74) is 10.1. The summed E-state index contributed by atoms with van der Waals surface area (Å²) in [4.78, 5) is 24.7. The molecule has 10 rings (SSSR count). The molecule has 10 aromatic rings. The van der Waals surface area contributed by atoms with Crippen LogP contribution in [-0.2, 0) is 0 Å². The number of rotatable bonds is 6. The first-order valence-corrected chi connectivity index (χ1v) is 18.3. The lowest BCUT2D eigenvalue weighted by atomic mass is 9.99. The minimum atomic E-state index is 0.626. The van der Waals surface area contributed by atoms with Gasteiger partial charge in [0.15, 0.2) is 23.1 Å². The van der Waals surface area contributed by atoms with Crippen molar-refractivity contribution in [3.05, 3.63) is 176 Å². The summed E-state index contributed by atoms with van der Waals surface area (Å²) in [6.07, 6.45) is 1.82. The Morgan fingerprint density at radius 3 is 1.53 bits per heavy atom. The van der Waals surface area contributed by atoms with E-state index in [9.17, 15) is 0 Å². The van der Waals surface area contributed by atoms with Crippen LogP contribution in [0.1, 0.15) is 0 Å². The summed E-state index contributed by atoms with van der Waals surface area (Å²) >= 11 is 1.79. The van der Waals surface area contributed by atoms with Gasteiger partial charge >= 0.3 is 0 Å². The standard InChI is InChI=1S/C47H29N5S/c1-3-11-30(12-4-1)31-20-24-34(25-21-31)45-50-44(33-13-5-2-6-14-33)51-46(52-45)35-26-22-32(23-27-35)36-15-9-16-37(29-36)42-43-41(38-17-7-8-19-40(38)53-43)39-18-10-28-48-47(39)49-42/h1-29H. The molecule has 0 amide bonds. The van der Waals surface area contributed by atoms with Gasteiger partial charge in [-0.1, -0.05) is 146 Å². The van der Waals surface area contributed by atoms with E-state index in [-0.39, 0.29) is 0 Å². The number of hydrogen-bond donors (Lipinski definition) is 0. The molecule has 0 radical (unpaired) electrons. The van der Waals surface area contributed by atoms with E-state index in [1.54, 1.807) is 11.3 Å². The van der Waals surface area contributed by atoms with Gasteiger partial charge in [0.2, 0.25) is 0 Å². The molecule has 0 bridgehead atoms. The highest BCUT2D eigenvalue weighted by atomic mass is 32.1. The highest BCUT2D eigenvalue weighted by Gasteiger charge is 2.17. The van der Waals surface area contributed by atoms with Gasteiger partial charge in [0.05, 0.1) is 10.4 Å². The molecule has 0 atom stereocenters. The van der Waals surface area contributed by atoms with Crippen LogP contribution < -0.4 is 0 Å². The largest absolute Gasteiger partial charge is 0.237 e. The smallest absolute Gasteiger partial charge is 0.164 e. The molecule has 6 heteroatoms. The van der Waals surface area contributed by atoms with Gasteiger partial charge in [0.25, 0.3) is 0 Å². The first kappa shape index (κ1) is 30.9. The Morgan fingerprint density at radius 2 is 0.849 bits per heavy atom. The molecule has 6 aromatic carbocycles. The molecule has 4 aromatic heterocycles. The van der Waals surface area contributed by atoms with Crippen molar-refractivity contribution in [1.82, 2.24) is 24.9 Å². The van der Waals surface area contributed by atoms with Crippen molar-refractivity contribution in [2.75, 3.05) is 0 Å². The first-order chi connectivity index (χ1) is 26.2. The van der Waals surface area contributed by atoms with Crippen molar-refractivity contribution in [3.8, 4) is 67.7 Å². The molecule has 0 saturated heterocycles. The summed E-state index contributed by atoms with van der Waals surface area (Å²) in [6, 6.07) is 58.6. The van der Waals surface area contributed by atoms with Crippen LogP contribution in [0.4, 0.5) is 0 Å². The number of nitrogens with zero attached hydrogens (tertiary/aromatic N) is 5. The molecule has 0 saturated carbocycles. The Kier molecular flexibility index (Phi) is 7.59. The van der Waals surface area contributed by atoms with E-state index in [1.165, 1.54) is 25.7 Å². The molecule has 0 fully saturated rings. The zero-order chi connectivity index (χ0) is 35.1. The Labute approximate surface area is 310 Å². The molecule has 5 nitrogen and oxygen atoms in total. The monoisotopic (exact) mass is 695 g/mol. The predicted octanol–water partition coefficient (Wildman–Crippen LogP) is 12.2. The maximum atomic E-state index is 5.12. The van der Waals surface area contributed by atoms with E-state index >= 15 is 0 Å². The van der Waals surface area contributed by atoms with Crippen LogP contribution in [0.3, 0.4) is 0 Å². The topological polar surface area (TPSA) is 64.5 Å². The molecule has 0 aliphatic carbocycles. The van der Waals surface area contributed by atoms with Crippen molar-refractivity contribution in [2.45, 2.75) is 0 Å². The highest BCUT2D eigenvalue weighted by Crippen LogP contribution is 2.43. The second-order valence-electron chi connectivity index (χ2n) is 12.9. The summed E-state index contributed by atoms with van der Waals surface area (Å²) in [7, 11) is 0. The van der Waals surface area contributed by atoms with Gasteiger partial charge in [-0.2, -0.15) is 0 Å². The molecule has 248 valence electrons. The Bertz CT molecular complexity index is 2920. The van der Waals surface area contributed by atoms with E-state index in [4.69, 9.17) is 19.9 Å². The van der Waals surface area contributed by atoms with Gasteiger partial charge in [0.1, 0.15) is 0 Å². The fraction of sp³-hybridized carbons (Fsp3) is 0. The number of fused-ring (bicyclic) bond motifs is 5. The van der Waals surface area contributed by atoms with E-state index < -0.39 is 0 Å². The third kappa shape index (κ3) is 5.72. The number of benzene rings is 6. The van der Waals surface area contributed by atoms with Crippen LogP contribution >= 0.6 is 11.3 Å². The number of pyridine rings is 2. The molecule has 0 N–H and O–H groups in total. The summed E-state index contributed by atoms with van der Waals surface area (Å²) in [5.74, 6) is 1.90. The van der Waals surface area contributed by atoms with Crippen LogP contribution in [0.5, 0.6) is 0 Å². The molecular weight excluding hydrogens is 667 g/mol. The third-order valence-corrected chi connectivity index (χ3v) is 10.8. The lowest BCUT2D eigenvalue weighted by molar-refractivity contribution is 1.07. The average molecular weight is 696 g/mol. The lowest BCUT2D eigenvalue weighted by Crippen LogP contribution is -2.00. The van der Waals surface area contributed by atoms with Crippen molar-refractivity contribution in [3.63, 3.8) is 0 Å². The molecule has 0 aliphatic heterocycles. The third-order valence-electron chi connectivity index (χ3n) is 9.61. The van der Waals surface area contributed by atoms with Gasteiger partial charge in [0, 0.05) is 49.3 Å². The van der Waals surface area contributed by atoms with Crippen molar-refractivity contribution < 1.29 is 0 Å². The van der Waals surface area contributed by atoms with E-state index in [1.807, 2.05) is 48.7 Å². The highest BCUT2D eigenvalue weighted by molar-refractivity contribution is 7.26. The maximum absolute atomic E-state index is 5.12. The number of thiophene rings is 1. The lowest BCUT2D eigenvalue weighted by Gasteiger charge is -2.10. The van der Waals surface area contributed by atoms with Crippen LogP contribution in [-0.4, -0.2) is 24.9 Å². The predicted molar refractivity (Wildman–Crippen MR) is 218 cm³/mol. The minimum Gasteiger partial charge on any atom is -0.237 e. The van der Waals surface area contributed by atoms with Crippen LogP contribution in [0.25, 0.3) is 98.9 Å². The van der Waals surface area contributed by atoms with Crippen LogP contribution in [0.2, 0.25) is 0 Å². The van der Waals surface area contributed by atoms with Gasteiger partial charge in [-0.25, -0.2) is 24.9 Å². The van der Waals surface area contributed by atoms with Crippen molar-refractivity contribution >= 4 is 42.5 Å². The van der Waals surface area contributed by atoms with Crippen LogP contribution in [0, 0.1) is 0 Å². The normalized spacial score (nSPS) is 11.4. The van der Waals surface area contributed by atoms with Crippen LogP contribution in [0.15, 0.2) is 176 Å². The average Bonchev–Trinajstić information content (AvgIpc) is 3.64. The molecule has 4 heterocycles. The molecule has 53 heavy (non-hydrogen) atoms. The van der Waals surface area contributed by atoms with E-state index in [0.29, 0.717) is 17.5 Å². The zero-order valence-electron chi connectivity index (χ0n) is 28.4. The Balaban J connectivity index is 1.03. The SMILES string of the molecule is c1ccc(-c2ccc(-c3nc(-c4ccccc4)nc(-c4ccc(-c5cccc(-c6nc7ncccc7c7c6sc6ccccc67)c5)cc4)n3)cc2)cc1. The fourth-order valence-electron chi connectivity index (χ4n) is 6.96. The molecule has 0 spiro atoms. The summed E-state index contributed by atoms with van der Waals surface area (Å²) in [5, 5.41) is 3.53.